The lowest BCUT2D eigenvalue weighted by Crippen LogP contribution is -2.07. The molecule has 1 aliphatic rings. The Balaban J connectivity index is 2.35. The zero-order valence-electron chi connectivity index (χ0n) is 9.71. The van der Waals surface area contributed by atoms with Crippen molar-refractivity contribution < 1.29 is 4.58 Å². The Morgan fingerprint density at radius 2 is 2.12 bits per heavy atom. The van der Waals surface area contributed by atoms with Crippen LogP contribution in [0.25, 0.3) is 0 Å². The van der Waals surface area contributed by atoms with E-state index in [1.54, 1.807) is 11.3 Å². The van der Waals surface area contributed by atoms with E-state index in [-0.39, 0.29) is 0 Å². The lowest BCUT2D eigenvalue weighted by atomic mass is 9.96. The number of thiophene rings is 1. The van der Waals surface area contributed by atoms with Crippen LogP contribution < -0.4 is 5.32 Å². The predicted octanol–water partition coefficient (Wildman–Crippen LogP) is 2.21. The van der Waals surface area contributed by atoms with Crippen molar-refractivity contribution in [2.75, 3.05) is 19.4 Å². The molecule has 1 heterocycles. The third-order valence-electron chi connectivity index (χ3n) is 2.74. The molecule has 0 spiro atoms. The average molecular weight is 234 g/mol. The summed E-state index contributed by atoms with van der Waals surface area (Å²) < 4.78 is 1.94. The van der Waals surface area contributed by atoms with Crippen LogP contribution in [-0.2, 0) is 12.8 Å². The Morgan fingerprint density at radius 3 is 2.81 bits per heavy atom. The fourth-order valence-electron chi connectivity index (χ4n) is 1.97. The predicted molar refractivity (Wildman–Crippen MR) is 67.5 cm³/mol. The molecule has 0 aliphatic heterocycles. The van der Waals surface area contributed by atoms with Crippen molar-refractivity contribution in [3.05, 3.63) is 16.0 Å². The minimum atomic E-state index is 0.859. The summed E-state index contributed by atoms with van der Waals surface area (Å²) in [5.41, 5.74) is 2.14. The van der Waals surface area contributed by atoms with Gasteiger partial charge in [-0.3, -0.25) is 4.58 Å². The topological polar surface area (TPSA) is 38.8 Å². The average Bonchev–Trinajstić information content (AvgIpc) is 2.63. The van der Waals surface area contributed by atoms with E-state index in [4.69, 9.17) is 0 Å². The lowest BCUT2D eigenvalue weighted by Gasteiger charge is -2.09. The Hall–Kier alpha value is -1.34. The Morgan fingerprint density at radius 1 is 1.38 bits per heavy atom. The summed E-state index contributed by atoms with van der Waals surface area (Å²) in [4.78, 5) is 1.40. The van der Waals surface area contributed by atoms with E-state index < -0.39 is 0 Å². The molecule has 4 heteroatoms. The van der Waals surface area contributed by atoms with Gasteiger partial charge >= 0.3 is 0 Å². The number of fused-ring (bicyclic) bond motifs is 1. The maximum absolute atomic E-state index is 9.22. The molecular formula is C12H16N3S+. The summed E-state index contributed by atoms with van der Waals surface area (Å²) in [5.74, 6) is 0. The van der Waals surface area contributed by atoms with E-state index >= 15 is 0 Å². The molecular weight excluding hydrogens is 218 g/mol. The van der Waals surface area contributed by atoms with Gasteiger partial charge in [-0.15, -0.1) is 0 Å². The second kappa shape index (κ2) is 4.67. The fourth-order valence-corrected chi connectivity index (χ4v) is 3.18. The normalized spacial score (nSPS) is 13.8. The van der Waals surface area contributed by atoms with Gasteiger partial charge in [-0.25, -0.2) is 5.32 Å². The van der Waals surface area contributed by atoms with E-state index in [0.29, 0.717) is 0 Å². The van der Waals surface area contributed by atoms with Crippen molar-refractivity contribution in [3.8, 4) is 6.07 Å². The summed E-state index contributed by atoms with van der Waals surface area (Å²) >= 11 is 1.74. The summed E-state index contributed by atoms with van der Waals surface area (Å²) in [6.45, 7) is 0. The minimum absolute atomic E-state index is 0.859. The Bertz CT molecular complexity index is 461. The summed E-state index contributed by atoms with van der Waals surface area (Å²) in [7, 11) is 3.93. The number of hydrogen-bond donors (Lipinski definition) is 1. The smallest absolute Gasteiger partial charge is 0.237 e. The molecule has 0 amide bonds. The standard InChI is InChI=1S/C12H15N3S/c1-15(2)8-14-12-10(7-13)9-5-3-4-6-11(9)16-12/h8H,3-6H2,1-2H3/p+1. The van der Waals surface area contributed by atoms with E-state index in [0.717, 1.165) is 23.4 Å². The molecule has 16 heavy (non-hydrogen) atoms. The third kappa shape index (κ3) is 2.10. The summed E-state index contributed by atoms with van der Waals surface area (Å²) in [6, 6.07) is 2.34. The zero-order chi connectivity index (χ0) is 11.5. The molecule has 0 fully saturated rings. The van der Waals surface area contributed by atoms with Gasteiger partial charge in [-0.2, -0.15) is 5.26 Å². The maximum Gasteiger partial charge on any atom is 0.237 e. The van der Waals surface area contributed by atoms with Gasteiger partial charge in [0.2, 0.25) is 6.34 Å². The van der Waals surface area contributed by atoms with Crippen LogP contribution in [0.3, 0.4) is 0 Å². The van der Waals surface area contributed by atoms with Crippen LogP contribution in [0.15, 0.2) is 0 Å². The van der Waals surface area contributed by atoms with Crippen LogP contribution in [-0.4, -0.2) is 25.0 Å². The first-order valence-corrected chi connectivity index (χ1v) is 6.35. The second-order valence-corrected chi connectivity index (χ2v) is 5.37. The monoisotopic (exact) mass is 234 g/mol. The first kappa shape index (κ1) is 11.2. The van der Waals surface area contributed by atoms with E-state index in [2.05, 4.69) is 11.4 Å². The molecule has 1 aromatic rings. The SMILES string of the molecule is C[N+](C)=CNc1sc2c(c1C#N)CCCC2. The van der Waals surface area contributed by atoms with E-state index in [1.807, 2.05) is 25.0 Å². The molecule has 3 nitrogen and oxygen atoms in total. The number of rotatable bonds is 2. The van der Waals surface area contributed by atoms with Gasteiger partial charge in [0.25, 0.3) is 0 Å². The Kier molecular flexibility index (Phi) is 3.25. The lowest BCUT2D eigenvalue weighted by molar-refractivity contribution is -0.459. The van der Waals surface area contributed by atoms with Crippen LogP contribution >= 0.6 is 11.3 Å². The molecule has 1 N–H and O–H groups in total. The molecule has 1 aliphatic carbocycles. The van der Waals surface area contributed by atoms with Crippen LogP contribution in [0.5, 0.6) is 0 Å². The maximum atomic E-state index is 9.22. The van der Waals surface area contributed by atoms with Gasteiger partial charge in [0.05, 0.1) is 14.1 Å². The first-order chi connectivity index (χ1) is 7.72. The number of nitrogens with one attached hydrogen (secondary N) is 1. The van der Waals surface area contributed by atoms with Gasteiger partial charge in [-0.05, 0) is 31.2 Å². The van der Waals surface area contributed by atoms with Gasteiger partial charge in [0.15, 0.2) is 5.00 Å². The molecule has 0 bridgehead atoms. The van der Waals surface area contributed by atoms with Crippen LogP contribution in [0.2, 0.25) is 0 Å². The van der Waals surface area contributed by atoms with Gasteiger partial charge in [0, 0.05) is 4.88 Å². The summed E-state index contributed by atoms with van der Waals surface area (Å²) in [6.07, 6.45) is 6.57. The highest BCUT2D eigenvalue weighted by atomic mass is 32.1. The quantitative estimate of drug-likeness (QED) is 0.484. The number of aryl methyl sites for hydroxylation is 1. The van der Waals surface area contributed by atoms with Crippen LogP contribution in [0.1, 0.15) is 28.8 Å². The summed E-state index contributed by atoms with van der Waals surface area (Å²) in [5, 5.41) is 13.4. The second-order valence-electron chi connectivity index (χ2n) is 4.26. The highest BCUT2D eigenvalue weighted by molar-refractivity contribution is 7.16. The molecule has 0 saturated heterocycles. The van der Waals surface area contributed by atoms with Gasteiger partial charge in [0.1, 0.15) is 11.6 Å². The van der Waals surface area contributed by atoms with E-state index in [9.17, 15) is 5.26 Å². The molecule has 0 unspecified atom stereocenters. The van der Waals surface area contributed by atoms with Crippen LogP contribution in [0.4, 0.5) is 5.00 Å². The highest BCUT2D eigenvalue weighted by Crippen LogP contribution is 2.37. The number of anilines is 1. The number of nitrogens with zero attached hydrogens (tertiary/aromatic N) is 2. The Labute approximate surface area is 100 Å². The molecule has 0 atom stereocenters. The largest absolute Gasteiger partial charge is 0.273 e. The molecule has 84 valence electrons. The van der Waals surface area contributed by atoms with Crippen molar-refractivity contribution in [1.29, 1.82) is 5.26 Å². The van der Waals surface area contributed by atoms with Crippen molar-refractivity contribution in [2.45, 2.75) is 25.7 Å². The molecule has 0 aromatic carbocycles. The fraction of sp³-hybridized carbons (Fsp3) is 0.500. The number of nitriles is 1. The van der Waals surface area contributed by atoms with Gasteiger partial charge < -0.3 is 0 Å². The van der Waals surface area contributed by atoms with Crippen molar-refractivity contribution in [1.82, 2.24) is 0 Å². The van der Waals surface area contributed by atoms with E-state index in [1.165, 1.54) is 23.3 Å². The van der Waals surface area contributed by atoms with Crippen molar-refractivity contribution in [2.24, 2.45) is 0 Å². The van der Waals surface area contributed by atoms with Crippen LogP contribution in [0, 0.1) is 11.3 Å². The van der Waals surface area contributed by atoms with Gasteiger partial charge in [-0.1, -0.05) is 11.3 Å². The highest BCUT2D eigenvalue weighted by Gasteiger charge is 2.22. The van der Waals surface area contributed by atoms with Crippen molar-refractivity contribution in [3.63, 3.8) is 0 Å². The zero-order valence-corrected chi connectivity index (χ0v) is 10.5. The molecule has 1 aromatic heterocycles. The molecule has 0 radical (unpaired) electrons. The number of hydrogen-bond acceptors (Lipinski definition) is 2. The first-order valence-electron chi connectivity index (χ1n) is 5.53. The molecule has 2 rings (SSSR count). The third-order valence-corrected chi connectivity index (χ3v) is 3.96. The minimum Gasteiger partial charge on any atom is -0.273 e. The molecule has 0 saturated carbocycles. The van der Waals surface area contributed by atoms with Crippen molar-refractivity contribution >= 4 is 22.7 Å².